The highest BCUT2D eigenvalue weighted by atomic mass is 16.1. The van der Waals surface area contributed by atoms with E-state index in [2.05, 4.69) is 24.1 Å². The van der Waals surface area contributed by atoms with Crippen molar-refractivity contribution in [2.24, 2.45) is 7.05 Å². The van der Waals surface area contributed by atoms with Crippen LogP contribution in [-0.2, 0) is 7.05 Å². The average Bonchev–Trinajstić information content (AvgIpc) is 2.40. The number of para-hydroxylation sites is 1. The van der Waals surface area contributed by atoms with E-state index in [4.69, 9.17) is 0 Å². The van der Waals surface area contributed by atoms with Gasteiger partial charge in [-0.3, -0.25) is 9.36 Å². The Morgan fingerprint density at radius 3 is 2.72 bits per heavy atom. The lowest BCUT2D eigenvalue weighted by molar-refractivity contribution is -0.695. The highest BCUT2D eigenvalue weighted by molar-refractivity contribution is 5.77. The van der Waals surface area contributed by atoms with Gasteiger partial charge in [0.2, 0.25) is 0 Å². The van der Waals surface area contributed by atoms with E-state index in [1.54, 1.807) is 4.57 Å². The first-order valence-electron chi connectivity index (χ1n) is 6.48. The van der Waals surface area contributed by atoms with Gasteiger partial charge in [0.05, 0.1) is 17.4 Å². The second-order valence-corrected chi connectivity index (χ2v) is 4.51. The molecule has 0 spiro atoms. The summed E-state index contributed by atoms with van der Waals surface area (Å²) >= 11 is 0. The summed E-state index contributed by atoms with van der Waals surface area (Å²) in [5.74, 6) is 0.864. The van der Waals surface area contributed by atoms with E-state index >= 15 is 0 Å². The van der Waals surface area contributed by atoms with Gasteiger partial charge >= 0.3 is 0 Å². The predicted octanol–water partition coefficient (Wildman–Crippen LogP) is 0.968. The van der Waals surface area contributed by atoms with Crippen molar-refractivity contribution < 1.29 is 5.32 Å². The molecule has 4 heteroatoms. The molecule has 0 unspecified atom stereocenters. The summed E-state index contributed by atoms with van der Waals surface area (Å²) in [6, 6.07) is 7.78. The number of benzene rings is 1. The largest absolute Gasteiger partial charge is 0.338 e. The third-order valence-corrected chi connectivity index (χ3v) is 3.31. The van der Waals surface area contributed by atoms with Gasteiger partial charge in [-0.25, -0.2) is 4.98 Å². The van der Waals surface area contributed by atoms with Crippen LogP contribution in [0.5, 0.6) is 0 Å². The SMILES string of the molecule is CC[NH2+][C@H](CC)c1nc2ccccc2c(=O)n1C. The molecular formula is C14H20N3O+. The van der Waals surface area contributed by atoms with E-state index in [-0.39, 0.29) is 11.6 Å². The number of nitrogens with zero attached hydrogens (tertiary/aromatic N) is 2. The molecule has 1 heterocycles. The highest BCUT2D eigenvalue weighted by Gasteiger charge is 2.18. The standard InChI is InChI=1S/C14H19N3O/c1-4-11(15-5-2)13-16-12-9-7-6-8-10(12)14(18)17(13)3/h6-9,11,15H,4-5H2,1-3H3/p+1/t11-/m1/s1. The smallest absolute Gasteiger partial charge is 0.261 e. The van der Waals surface area contributed by atoms with Crippen molar-refractivity contribution in [3.05, 3.63) is 40.4 Å². The average molecular weight is 246 g/mol. The van der Waals surface area contributed by atoms with Gasteiger partial charge in [-0.1, -0.05) is 19.1 Å². The first kappa shape index (κ1) is 12.8. The van der Waals surface area contributed by atoms with Crippen LogP contribution in [0.4, 0.5) is 0 Å². The van der Waals surface area contributed by atoms with Crippen LogP contribution in [0.15, 0.2) is 29.1 Å². The Balaban J connectivity index is 2.64. The monoisotopic (exact) mass is 246 g/mol. The molecule has 0 fully saturated rings. The summed E-state index contributed by atoms with van der Waals surface area (Å²) in [6.07, 6.45) is 0.965. The van der Waals surface area contributed by atoms with Crippen LogP contribution in [0.1, 0.15) is 32.1 Å². The van der Waals surface area contributed by atoms with E-state index < -0.39 is 0 Å². The third-order valence-electron chi connectivity index (χ3n) is 3.31. The van der Waals surface area contributed by atoms with Gasteiger partial charge in [0.15, 0.2) is 5.82 Å². The molecule has 4 nitrogen and oxygen atoms in total. The fourth-order valence-electron chi connectivity index (χ4n) is 2.31. The Bertz CT molecular complexity index is 604. The normalized spacial score (nSPS) is 12.8. The lowest BCUT2D eigenvalue weighted by Crippen LogP contribution is -2.85. The Morgan fingerprint density at radius 2 is 2.06 bits per heavy atom. The van der Waals surface area contributed by atoms with Gasteiger partial charge in [-0.15, -0.1) is 0 Å². The predicted molar refractivity (Wildman–Crippen MR) is 72.5 cm³/mol. The number of hydrogen-bond donors (Lipinski definition) is 1. The van der Waals surface area contributed by atoms with Crippen molar-refractivity contribution in [1.82, 2.24) is 9.55 Å². The molecular weight excluding hydrogens is 226 g/mol. The molecule has 1 atom stereocenters. The molecule has 2 N–H and O–H groups in total. The molecule has 96 valence electrons. The van der Waals surface area contributed by atoms with Gasteiger partial charge in [0, 0.05) is 13.5 Å². The fourth-order valence-corrected chi connectivity index (χ4v) is 2.31. The zero-order valence-electron chi connectivity index (χ0n) is 11.2. The molecule has 0 aliphatic rings. The van der Waals surface area contributed by atoms with Gasteiger partial charge in [0.1, 0.15) is 6.04 Å². The minimum atomic E-state index is 0.0403. The lowest BCUT2D eigenvalue weighted by atomic mass is 10.1. The number of nitrogens with two attached hydrogens (primary N) is 1. The molecule has 2 rings (SSSR count). The third kappa shape index (κ3) is 2.16. The molecule has 0 radical (unpaired) electrons. The minimum absolute atomic E-state index is 0.0403. The summed E-state index contributed by atoms with van der Waals surface area (Å²) in [5.41, 5.74) is 0.831. The molecule has 2 aromatic rings. The van der Waals surface area contributed by atoms with E-state index in [9.17, 15) is 4.79 Å². The molecule has 0 saturated carbocycles. The maximum Gasteiger partial charge on any atom is 0.261 e. The molecule has 0 bridgehead atoms. The summed E-state index contributed by atoms with van der Waals surface area (Å²) in [6.45, 7) is 5.22. The number of quaternary nitrogens is 1. The van der Waals surface area contributed by atoms with Crippen LogP contribution >= 0.6 is 0 Å². The van der Waals surface area contributed by atoms with Crippen LogP contribution in [0, 0.1) is 0 Å². The zero-order valence-corrected chi connectivity index (χ0v) is 11.2. The highest BCUT2D eigenvalue weighted by Crippen LogP contribution is 2.12. The minimum Gasteiger partial charge on any atom is -0.338 e. The Hall–Kier alpha value is -1.68. The van der Waals surface area contributed by atoms with Crippen molar-refractivity contribution in [1.29, 1.82) is 0 Å². The van der Waals surface area contributed by atoms with E-state index in [0.29, 0.717) is 5.39 Å². The topological polar surface area (TPSA) is 51.5 Å². The van der Waals surface area contributed by atoms with E-state index in [1.165, 1.54) is 0 Å². The van der Waals surface area contributed by atoms with Crippen LogP contribution in [0.3, 0.4) is 0 Å². The second kappa shape index (κ2) is 5.31. The molecule has 0 aliphatic carbocycles. The van der Waals surface area contributed by atoms with Crippen molar-refractivity contribution in [3.63, 3.8) is 0 Å². The quantitative estimate of drug-likeness (QED) is 0.874. The maximum absolute atomic E-state index is 12.3. The summed E-state index contributed by atoms with van der Waals surface area (Å²) in [7, 11) is 1.81. The summed E-state index contributed by atoms with van der Waals surface area (Å²) < 4.78 is 1.68. The van der Waals surface area contributed by atoms with Crippen LogP contribution in [0.25, 0.3) is 10.9 Å². The number of hydrogen-bond acceptors (Lipinski definition) is 2. The first-order chi connectivity index (χ1) is 8.69. The van der Waals surface area contributed by atoms with Crippen LogP contribution < -0.4 is 10.9 Å². The van der Waals surface area contributed by atoms with Gasteiger partial charge in [-0.2, -0.15) is 0 Å². The van der Waals surface area contributed by atoms with E-state index in [1.807, 2.05) is 31.3 Å². The summed E-state index contributed by atoms with van der Waals surface area (Å²) in [5, 5.41) is 2.91. The maximum atomic E-state index is 12.3. The van der Waals surface area contributed by atoms with Crippen molar-refractivity contribution in [2.75, 3.05) is 6.54 Å². The molecule has 0 amide bonds. The molecule has 1 aromatic heterocycles. The van der Waals surface area contributed by atoms with Gasteiger partial charge < -0.3 is 5.32 Å². The molecule has 18 heavy (non-hydrogen) atoms. The molecule has 0 aliphatic heterocycles. The zero-order chi connectivity index (χ0) is 13.1. The second-order valence-electron chi connectivity index (χ2n) is 4.51. The van der Waals surface area contributed by atoms with Crippen LogP contribution in [-0.4, -0.2) is 16.1 Å². The molecule has 1 aromatic carbocycles. The van der Waals surface area contributed by atoms with Crippen molar-refractivity contribution in [3.8, 4) is 0 Å². The van der Waals surface area contributed by atoms with Crippen molar-refractivity contribution >= 4 is 10.9 Å². The Labute approximate surface area is 107 Å². The number of aromatic nitrogens is 2. The molecule has 0 saturated heterocycles. The van der Waals surface area contributed by atoms with E-state index in [0.717, 1.165) is 24.3 Å². The Kier molecular flexibility index (Phi) is 3.77. The van der Waals surface area contributed by atoms with Crippen LogP contribution in [0.2, 0.25) is 0 Å². The van der Waals surface area contributed by atoms with Gasteiger partial charge in [-0.05, 0) is 19.1 Å². The first-order valence-corrected chi connectivity index (χ1v) is 6.48. The van der Waals surface area contributed by atoms with Gasteiger partial charge in [0.25, 0.3) is 5.56 Å². The fraction of sp³-hybridized carbons (Fsp3) is 0.429. The lowest BCUT2D eigenvalue weighted by Gasteiger charge is -2.16. The Morgan fingerprint density at radius 1 is 1.33 bits per heavy atom. The summed E-state index contributed by atoms with van der Waals surface area (Å²) in [4.78, 5) is 16.9. The number of rotatable bonds is 4. The number of fused-ring (bicyclic) bond motifs is 1. The van der Waals surface area contributed by atoms with Crippen molar-refractivity contribution in [2.45, 2.75) is 26.3 Å².